The van der Waals surface area contributed by atoms with Crippen LogP contribution in [0.5, 0.6) is 5.75 Å². The van der Waals surface area contributed by atoms with Crippen LogP contribution in [0.4, 0.5) is 0 Å². The first-order valence-corrected chi connectivity index (χ1v) is 8.59. The number of rotatable bonds is 4. The molecule has 1 unspecified atom stereocenters. The van der Waals surface area contributed by atoms with E-state index in [1.807, 2.05) is 36.9 Å². The maximum atomic E-state index is 12.6. The van der Waals surface area contributed by atoms with Crippen LogP contribution in [0, 0.1) is 13.8 Å². The minimum absolute atomic E-state index is 0.0818. The number of aromatic nitrogens is 1. The molecule has 0 N–H and O–H groups in total. The van der Waals surface area contributed by atoms with Crippen molar-refractivity contribution < 1.29 is 14.1 Å². The fourth-order valence-corrected chi connectivity index (χ4v) is 2.89. The molecule has 1 amide bonds. The second-order valence-corrected chi connectivity index (χ2v) is 6.82. The molecule has 1 aliphatic heterocycles. The zero-order chi connectivity index (χ0) is 18.0. The van der Waals surface area contributed by atoms with Crippen molar-refractivity contribution in [3.8, 4) is 5.75 Å². The highest BCUT2D eigenvalue weighted by molar-refractivity contribution is 5.92. The number of carbonyl (C=O) groups excluding carboxylic acids is 1. The molecule has 0 aliphatic carbocycles. The van der Waals surface area contributed by atoms with Crippen LogP contribution in [0.3, 0.4) is 0 Å². The lowest BCUT2D eigenvalue weighted by Crippen LogP contribution is -2.52. The molecule has 1 aromatic heterocycles. The Kier molecular flexibility index (Phi) is 5.08. The smallest absolute Gasteiger partial charge is 0.276 e. The number of carbonyl (C=O) groups is 1. The molecule has 0 spiro atoms. The van der Waals surface area contributed by atoms with Gasteiger partial charge in [0.25, 0.3) is 5.91 Å². The van der Waals surface area contributed by atoms with E-state index in [2.05, 4.69) is 24.0 Å². The third-order valence-electron chi connectivity index (χ3n) is 4.74. The van der Waals surface area contributed by atoms with E-state index in [9.17, 15) is 4.79 Å². The zero-order valence-electron chi connectivity index (χ0n) is 15.3. The Labute approximate surface area is 148 Å². The molecule has 0 radical (unpaired) electrons. The van der Waals surface area contributed by atoms with Gasteiger partial charge in [0.1, 0.15) is 12.4 Å². The zero-order valence-corrected chi connectivity index (χ0v) is 15.3. The average molecular weight is 343 g/mol. The highest BCUT2D eigenvalue weighted by Crippen LogP contribution is 2.21. The number of aryl methyl sites for hydroxylation is 2. The van der Waals surface area contributed by atoms with Crippen LogP contribution in [0.25, 0.3) is 0 Å². The van der Waals surface area contributed by atoms with E-state index in [1.54, 1.807) is 6.07 Å². The highest BCUT2D eigenvalue weighted by Gasteiger charge is 2.27. The van der Waals surface area contributed by atoms with Gasteiger partial charge in [-0.05, 0) is 45.0 Å². The summed E-state index contributed by atoms with van der Waals surface area (Å²) in [6.45, 7) is 8.67. The van der Waals surface area contributed by atoms with Gasteiger partial charge in [0, 0.05) is 31.7 Å². The quantitative estimate of drug-likeness (QED) is 0.854. The summed E-state index contributed by atoms with van der Waals surface area (Å²) < 4.78 is 11.1. The van der Waals surface area contributed by atoms with Crippen LogP contribution in [-0.4, -0.2) is 53.6 Å². The van der Waals surface area contributed by atoms with Gasteiger partial charge in [0.2, 0.25) is 0 Å². The van der Waals surface area contributed by atoms with Gasteiger partial charge in [-0.2, -0.15) is 0 Å². The Bertz CT molecular complexity index is 756. The van der Waals surface area contributed by atoms with Crippen molar-refractivity contribution in [3.05, 3.63) is 46.8 Å². The number of hydrogen-bond acceptors (Lipinski definition) is 5. The topological polar surface area (TPSA) is 58.8 Å². The van der Waals surface area contributed by atoms with Crippen molar-refractivity contribution in [3.63, 3.8) is 0 Å². The third kappa shape index (κ3) is 4.02. The Morgan fingerprint density at radius 1 is 1.32 bits per heavy atom. The van der Waals surface area contributed by atoms with Crippen molar-refractivity contribution >= 4 is 5.91 Å². The van der Waals surface area contributed by atoms with Gasteiger partial charge in [-0.15, -0.1) is 0 Å². The Morgan fingerprint density at radius 3 is 2.88 bits per heavy atom. The third-order valence-corrected chi connectivity index (χ3v) is 4.74. The standard InChI is InChI=1S/C19H25N3O3/c1-13-5-6-14(2)18(9-13)24-12-16-10-17(20-25-16)19(23)22-8-7-21(4)15(3)11-22/h5-6,9-10,15H,7-8,11-12H2,1-4H3. The monoisotopic (exact) mass is 343 g/mol. The van der Waals surface area contributed by atoms with Gasteiger partial charge < -0.3 is 19.1 Å². The van der Waals surface area contributed by atoms with Crippen molar-refractivity contribution in [2.24, 2.45) is 0 Å². The first-order valence-electron chi connectivity index (χ1n) is 8.59. The van der Waals surface area contributed by atoms with Gasteiger partial charge in [0.05, 0.1) is 0 Å². The number of likely N-dealkylation sites (N-methyl/N-ethyl adjacent to an activating group) is 1. The minimum Gasteiger partial charge on any atom is -0.485 e. The molecule has 25 heavy (non-hydrogen) atoms. The van der Waals surface area contributed by atoms with E-state index in [4.69, 9.17) is 9.26 Å². The van der Waals surface area contributed by atoms with E-state index in [1.165, 1.54) is 0 Å². The van der Waals surface area contributed by atoms with Gasteiger partial charge in [-0.3, -0.25) is 4.79 Å². The van der Waals surface area contributed by atoms with Crippen LogP contribution >= 0.6 is 0 Å². The van der Waals surface area contributed by atoms with Crippen molar-refractivity contribution in [1.29, 1.82) is 0 Å². The van der Waals surface area contributed by atoms with Crippen LogP contribution < -0.4 is 4.74 Å². The number of piperazine rings is 1. The van der Waals surface area contributed by atoms with Gasteiger partial charge >= 0.3 is 0 Å². The summed E-state index contributed by atoms with van der Waals surface area (Å²) >= 11 is 0. The van der Waals surface area contributed by atoms with Crippen LogP contribution in [0.15, 0.2) is 28.8 Å². The van der Waals surface area contributed by atoms with E-state index in [0.29, 0.717) is 30.6 Å². The van der Waals surface area contributed by atoms with Gasteiger partial charge in [-0.25, -0.2) is 0 Å². The Balaban J connectivity index is 1.62. The van der Waals surface area contributed by atoms with Crippen LogP contribution in [0.1, 0.15) is 34.3 Å². The largest absolute Gasteiger partial charge is 0.485 e. The molecule has 134 valence electrons. The predicted molar refractivity (Wildman–Crippen MR) is 94.7 cm³/mol. The number of nitrogens with zero attached hydrogens (tertiary/aromatic N) is 3. The Morgan fingerprint density at radius 2 is 2.12 bits per heavy atom. The lowest BCUT2D eigenvalue weighted by Gasteiger charge is -2.37. The molecule has 6 heteroatoms. The van der Waals surface area contributed by atoms with Gasteiger partial charge in [0.15, 0.2) is 11.5 Å². The van der Waals surface area contributed by atoms with E-state index in [-0.39, 0.29) is 12.5 Å². The SMILES string of the molecule is Cc1ccc(C)c(OCc2cc(C(=O)N3CCN(C)C(C)C3)no2)c1. The molecule has 2 aromatic rings. The maximum Gasteiger partial charge on any atom is 0.276 e. The summed E-state index contributed by atoms with van der Waals surface area (Å²) in [6.07, 6.45) is 0. The molecule has 0 saturated carbocycles. The lowest BCUT2D eigenvalue weighted by molar-refractivity contribution is 0.0562. The van der Waals surface area contributed by atoms with Crippen molar-refractivity contribution in [2.75, 3.05) is 26.7 Å². The molecule has 1 atom stereocenters. The summed E-state index contributed by atoms with van der Waals surface area (Å²) in [5, 5.41) is 3.93. The summed E-state index contributed by atoms with van der Waals surface area (Å²) in [5.74, 6) is 1.28. The van der Waals surface area contributed by atoms with E-state index < -0.39 is 0 Å². The summed E-state index contributed by atoms with van der Waals surface area (Å²) in [6, 6.07) is 8.08. The summed E-state index contributed by atoms with van der Waals surface area (Å²) in [4.78, 5) is 16.7. The van der Waals surface area contributed by atoms with Crippen molar-refractivity contribution in [2.45, 2.75) is 33.4 Å². The molecule has 1 saturated heterocycles. The fraction of sp³-hybridized carbons (Fsp3) is 0.474. The van der Waals surface area contributed by atoms with E-state index >= 15 is 0 Å². The van der Waals surface area contributed by atoms with Crippen LogP contribution in [0.2, 0.25) is 0 Å². The average Bonchev–Trinajstić information content (AvgIpc) is 3.06. The minimum atomic E-state index is -0.0818. The van der Waals surface area contributed by atoms with E-state index in [0.717, 1.165) is 23.4 Å². The number of ether oxygens (including phenoxy) is 1. The molecule has 1 fully saturated rings. The number of amides is 1. The predicted octanol–water partition coefficient (Wildman–Crippen LogP) is 2.65. The van der Waals surface area contributed by atoms with Crippen molar-refractivity contribution in [1.82, 2.24) is 15.0 Å². The molecule has 3 rings (SSSR count). The molecule has 6 nitrogen and oxygen atoms in total. The lowest BCUT2D eigenvalue weighted by atomic mass is 10.1. The number of hydrogen-bond donors (Lipinski definition) is 0. The highest BCUT2D eigenvalue weighted by atomic mass is 16.5. The molecule has 0 bridgehead atoms. The maximum absolute atomic E-state index is 12.6. The number of benzene rings is 1. The molecular weight excluding hydrogens is 318 g/mol. The molecule has 2 heterocycles. The van der Waals surface area contributed by atoms with Gasteiger partial charge in [-0.1, -0.05) is 17.3 Å². The second-order valence-electron chi connectivity index (χ2n) is 6.82. The summed E-state index contributed by atoms with van der Waals surface area (Å²) in [5.41, 5.74) is 2.54. The Hall–Kier alpha value is -2.34. The fourth-order valence-electron chi connectivity index (χ4n) is 2.89. The summed E-state index contributed by atoms with van der Waals surface area (Å²) in [7, 11) is 2.07. The molecule has 1 aromatic carbocycles. The molecule has 1 aliphatic rings. The first-order chi connectivity index (χ1) is 11.9. The first kappa shape index (κ1) is 17.5. The molecular formula is C19H25N3O3. The second kappa shape index (κ2) is 7.27. The van der Waals surface area contributed by atoms with Crippen LogP contribution in [-0.2, 0) is 6.61 Å². The normalized spacial score (nSPS) is 18.4.